The van der Waals surface area contributed by atoms with Crippen LogP contribution in [0.1, 0.15) is 60.1 Å². The molecule has 88 heavy (non-hydrogen) atoms. The third kappa shape index (κ3) is 36.4. The van der Waals surface area contributed by atoms with Gasteiger partial charge in [-0.1, -0.05) is 125 Å². The molecular formula is C61H64Cl6F3N15O3. The fraction of sp³-hybridized carbons (Fsp3) is 0.180. The van der Waals surface area contributed by atoms with Crippen LogP contribution >= 0.6 is 69.6 Å². The van der Waals surface area contributed by atoms with E-state index < -0.39 is 17.6 Å². The summed E-state index contributed by atoms with van der Waals surface area (Å²) in [4.78, 5) is 52.8. The predicted molar refractivity (Wildman–Crippen MR) is 358 cm³/mol. The molecule has 0 saturated carbocycles. The maximum absolute atomic E-state index is 13.1. The molecule has 4 aromatic carbocycles. The number of aliphatic imine (C=N–C) groups is 6. The van der Waals surface area contributed by atoms with Crippen molar-refractivity contribution in [3.8, 4) is 0 Å². The van der Waals surface area contributed by atoms with Crippen LogP contribution in [0.25, 0.3) is 0 Å². The zero-order chi connectivity index (χ0) is 66.0. The summed E-state index contributed by atoms with van der Waals surface area (Å²) in [5.41, 5.74) is 21.2. The molecule has 0 aliphatic heterocycles. The van der Waals surface area contributed by atoms with Gasteiger partial charge in [0.25, 0.3) is 0 Å². The van der Waals surface area contributed by atoms with E-state index in [1.807, 2.05) is 36.4 Å². The van der Waals surface area contributed by atoms with Crippen molar-refractivity contribution in [2.24, 2.45) is 47.2 Å². The Hall–Kier alpha value is -8.57. The van der Waals surface area contributed by atoms with Crippen LogP contribution in [0, 0.1) is 39.1 Å². The fourth-order valence-corrected chi connectivity index (χ4v) is 6.79. The second kappa shape index (κ2) is 44.8. The quantitative estimate of drug-likeness (QED) is 0.0194. The number of nitrogens with two attached hydrogens (primary N) is 3. The van der Waals surface area contributed by atoms with E-state index >= 15 is 0 Å². The van der Waals surface area contributed by atoms with Gasteiger partial charge in [0.15, 0.2) is 5.82 Å². The number of esters is 1. The Kier molecular flexibility index (Phi) is 39.4. The maximum atomic E-state index is 13.1. The molecule has 0 radical (unpaired) electrons. The molecule has 27 heteroatoms. The minimum Gasteiger partial charge on any atom is -0.469 e. The van der Waals surface area contributed by atoms with Crippen molar-refractivity contribution < 1.29 is 27.5 Å². The molecule has 0 unspecified atom stereocenters. The minimum absolute atomic E-state index is 0.0158. The second-order valence-corrected chi connectivity index (χ2v) is 20.0. The number of hydrogen-bond acceptors (Lipinski definition) is 17. The first-order chi connectivity index (χ1) is 41.7. The van der Waals surface area contributed by atoms with Crippen molar-refractivity contribution in [2.75, 3.05) is 46.4 Å². The molecule has 0 fully saturated rings. The van der Waals surface area contributed by atoms with E-state index in [1.54, 1.807) is 74.5 Å². The summed E-state index contributed by atoms with van der Waals surface area (Å²) in [6.07, 6.45) is 14.7. The monoisotopic (exact) mass is 1320 g/mol. The highest BCUT2D eigenvalue weighted by Gasteiger charge is 2.07. The Bertz CT molecular complexity index is 3400. The molecular weight excluding hydrogens is 1260 g/mol. The molecule has 2 heterocycles. The van der Waals surface area contributed by atoms with Crippen molar-refractivity contribution in [1.29, 1.82) is 21.6 Å². The number of amidine groups is 1. The summed E-state index contributed by atoms with van der Waals surface area (Å²) in [6, 6.07) is 25.0. The van der Waals surface area contributed by atoms with Crippen molar-refractivity contribution in [3.05, 3.63) is 221 Å². The van der Waals surface area contributed by atoms with Gasteiger partial charge in [0.05, 0.1) is 79.1 Å². The van der Waals surface area contributed by atoms with Crippen LogP contribution < -0.4 is 17.2 Å². The van der Waals surface area contributed by atoms with Crippen LogP contribution in [0.5, 0.6) is 0 Å². The first kappa shape index (κ1) is 77.4. The van der Waals surface area contributed by atoms with E-state index in [4.69, 9.17) is 108 Å². The summed E-state index contributed by atoms with van der Waals surface area (Å²) >= 11 is 34.9. The van der Waals surface area contributed by atoms with Crippen molar-refractivity contribution in [1.82, 2.24) is 9.97 Å². The molecule has 6 rings (SSSR count). The Morgan fingerprint density at radius 3 is 1.43 bits per heavy atom. The summed E-state index contributed by atoms with van der Waals surface area (Å²) in [5, 5.41) is 31.7. The molecule has 0 atom stereocenters. The lowest BCUT2D eigenvalue weighted by Gasteiger charge is -1.99. The van der Waals surface area contributed by atoms with Crippen LogP contribution in [0.3, 0.4) is 0 Å². The second-order valence-electron chi connectivity index (χ2n) is 17.5. The molecule has 0 aliphatic carbocycles. The highest BCUT2D eigenvalue weighted by molar-refractivity contribution is 6.35. The SMILES string of the molecule is C=C(N)CN=Cc1c(F)cccc1Cl.C=C(N)CN=Cc1ccc(F)cc1Cl.CC(=N)CN=Cc1ccncc1Cl.CC(=O)CC(=N)CN=Cc1ccccc1Cl.COC(=O)CC(=N)CN=Cc1ccccc1Cl.N=C(N)CN=Cc1c(F)cncc1Cl. The Morgan fingerprint density at radius 2 is 0.966 bits per heavy atom. The van der Waals surface area contributed by atoms with Crippen LogP contribution in [0.4, 0.5) is 13.2 Å². The number of carbonyl (C=O) groups is 2. The number of hydrogen-bond donors (Lipinski definition) is 7. The van der Waals surface area contributed by atoms with Gasteiger partial charge in [-0.25, -0.2) is 13.2 Å². The Balaban J connectivity index is 0.000000529. The lowest BCUT2D eigenvalue weighted by molar-refractivity contribution is -0.139. The van der Waals surface area contributed by atoms with Gasteiger partial charge in [0, 0.05) is 134 Å². The van der Waals surface area contributed by atoms with Gasteiger partial charge in [-0.2, -0.15) is 0 Å². The fourth-order valence-electron chi connectivity index (χ4n) is 5.63. The number of pyridine rings is 2. The molecule has 0 aliphatic rings. The third-order valence-corrected chi connectivity index (χ3v) is 11.6. The van der Waals surface area contributed by atoms with Crippen LogP contribution in [-0.2, 0) is 14.3 Å². The zero-order valence-corrected chi connectivity index (χ0v) is 52.5. The molecule has 10 N–H and O–H groups in total. The number of carbonyl (C=O) groups excluding carboxylic acids is 2. The van der Waals surface area contributed by atoms with E-state index in [2.05, 4.69) is 57.8 Å². The number of methoxy groups -OCH3 is 1. The average Bonchev–Trinajstić information content (AvgIpc) is 3.21. The zero-order valence-electron chi connectivity index (χ0n) is 47.9. The number of nitrogens with zero attached hydrogens (tertiary/aromatic N) is 8. The van der Waals surface area contributed by atoms with Gasteiger partial charge in [-0.05, 0) is 62.4 Å². The molecule has 6 aromatic rings. The van der Waals surface area contributed by atoms with E-state index in [1.165, 1.54) is 56.9 Å². The summed E-state index contributed by atoms with van der Waals surface area (Å²) in [7, 11) is 1.29. The van der Waals surface area contributed by atoms with Crippen molar-refractivity contribution in [2.45, 2.75) is 26.7 Å². The Labute approximate surface area is 539 Å². The highest BCUT2D eigenvalue weighted by atomic mass is 35.5. The van der Waals surface area contributed by atoms with Gasteiger partial charge >= 0.3 is 5.97 Å². The summed E-state index contributed by atoms with van der Waals surface area (Å²) in [5.74, 6) is -1.85. The Morgan fingerprint density at radius 1 is 0.511 bits per heavy atom. The number of halogens is 9. The third-order valence-electron chi connectivity index (χ3n) is 9.62. The van der Waals surface area contributed by atoms with Crippen molar-refractivity contribution >= 4 is 142 Å². The van der Waals surface area contributed by atoms with Crippen LogP contribution in [0.15, 0.2) is 170 Å². The van der Waals surface area contributed by atoms with Crippen molar-refractivity contribution in [3.63, 3.8) is 0 Å². The smallest absolute Gasteiger partial charge is 0.311 e. The van der Waals surface area contributed by atoms with Gasteiger partial charge < -0.3 is 38.2 Å². The number of ether oxygens (including phenoxy) is 1. The average molecular weight is 1320 g/mol. The van der Waals surface area contributed by atoms with Gasteiger partial charge in [-0.15, -0.1) is 0 Å². The highest BCUT2D eigenvalue weighted by Crippen LogP contribution is 2.19. The lowest BCUT2D eigenvalue weighted by atomic mass is 10.2. The van der Waals surface area contributed by atoms with E-state index in [9.17, 15) is 22.8 Å². The normalized spacial score (nSPS) is 10.6. The van der Waals surface area contributed by atoms with E-state index in [-0.39, 0.29) is 78.3 Å². The largest absolute Gasteiger partial charge is 0.469 e. The number of rotatable bonds is 22. The van der Waals surface area contributed by atoms with Crippen LogP contribution in [0.2, 0.25) is 30.1 Å². The summed E-state index contributed by atoms with van der Waals surface area (Å²) in [6.45, 7) is 11.6. The summed E-state index contributed by atoms with van der Waals surface area (Å²) < 4.78 is 43.3. The molecule has 2 aromatic heterocycles. The molecule has 0 bridgehead atoms. The molecule has 0 spiro atoms. The molecule has 0 amide bonds. The van der Waals surface area contributed by atoms with Gasteiger partial charge in [0.2, 0.25) is 0 Å². The van der Waals surface area contributed by atoms with Gasteiger partial charge in [0.1, 0.15) is 23.3 Å². The maximum Gasteiger partial charge on any atom is 0.311 e. The topological polar surface area (TPSA) is 317 Å². The number of Topliss-reactive ketones (excluding diaryl/α,β-unsaturated/α-hetero) is 1. The molecule has 464 valence electrons. The van der Waals surface area contributed by atoms with E-state index in [0.717, 1.165) is 22.9 Å². The number of nitrogens with one attached hydrogen (secondary N) is 4. The molecule has 0 saturated heterocycles. The first-order valence-electron chi connectivity index (χ1n) is 25.4. The van der Waals surface area contributed by atoms with E-state index in [0.29, 0.717) is 66.6 Å². The standard InChI is InChI=1S/C12H13ClN2O2.C12H13ClN2O.2C10H10ClFN2.C9H10ClN3.C8H8ClFN4/c1-17-12(16)6-10(14)8-15-7-9-4-2-3-5-11(9)13;1-9(16)6-11(14)8-15-7-10-4-2-3-5-12(10)13;1-7(13)5-14-6-8-2-3-9(12)4-10(8)11;1-7(13)5-14-6-8-9(11)3-2-4-10(8)12;1-7(11)4-13-5-8-2-3-12-6-9(8)10;9-6-2-14-3-7(10)5(6)1-13-4-8(11)12/h2-5,7,14H,6,8H2,1H3;2-5,7,14H,6,8H2,1H3;2*2-4,6H,1,5,13H2;2-3,5-6,11H,4H2,1H3;1-3H,4H2,(H3,11,12). The first-order valence-corrected chi connectivity index (χ1v) is 27.7. The van der Waals surface area contributed by atoms with Crippen LogP contribution in [-0.4, -0.2) is 128 Å². The number of ketones is 1. The van der Waals surface area contributed by atoms with Gasteiger partial charge in [-0.3, -0.25) is 54.9 Å². The predicted octanol–water partition coefficient (Wildman–Crippen LogP) is 13.3. The lowest BCUT2D eigenvalue weighted by Crippen LogP contribution is -2.13. The number of benzene rings is 4. The minimum atomic E-state index is -0.551. The number of aromatic nitrogens is 2. The molecule has 18 nitrogen and oxygen atoms in total.